The van der Waals surface area contributed by atoms with Gasteiger partial charge in [-0.05, 0) is 37.5 Å². The van der Waals surface area contributed by atoms with E-state index in [1.54, 1.807) is 0 Å². The number of nitrogens with zero attached hydrogens (tertiary/aromatic N) is 2. The highest BCUT2D eigenvalue weighted by Crippen LogP contribution is 2.21. The molecule has 1 amide bonds. The van der Waals surface area contributed by atoms with Crippen LogP contribution in [0, 0.1) is 0 Å². The van der Waals surface area contributed by atoms with E-state index in [0.717, 1.165) is 42.5 Å². The molecule has 0 spiro atoms. The molecule has 1 saturated heterocycles. The van der Waals surface area contributed by atoms with Gasteiger partial charge in [0.15, 0.2) is 5.96 Å². The number of nitrogens with one attached hydrogen (secondary N) is 2. The van der Waals surface area contributed by atoms with Crippen LogP contribution in [0.2, 0.25) is 5.02 Å². The average molecular weight is 530 g/mol. The van der Waals surface area contributed by atoms with Crippen molar-refractivity contribution < 1.29 is 4.79 Å². The van der Waals surface area contributed by atoms with Gasteiger partial charge in [-0.1, -0.05) is 33.6 Å². The lowest BCUT2D eigenvalue weighted by Gasteiger charge is -2.17. The van der Waals surface area contributed by atoms with Crippen molar-refractivity contribution in [3.63, 3.8) is 0 Å². The number of benzene rings is 1. The number of amides is 1. The third-order valence-corrected chi connectivity index (χ3v) is 4.48. The molecule has 8 heteroatoms. The van der Waals surface area contributed by atoms with Crippen LogP contribution in [0.15, 0.2) is 27.7 Å². The molecule has 1 aromatic rings. The molecule has 1 aliphatic heterocycles. The summed E-state index contributed by atoms with van der Waals surface area (Å²) in [7, 11) is 0. The molecule has 1 aromatic carbocycles. The molecule has 1 fully saturated rings. The fourth-order valence-corrected chi connectivity index (χ4v) is 3.13. The predicted octanol–water partition coefficient (Wildman–Crippen LogP) is 3.40. The van der Waals surface area contributed by atoms with Crippen LogP contribution in [0.5, 0.6) is 0 Å². The second-order valence-electron chi connectivity index (χ2n) is 5.37. The maximum atomic E-state index is 12.1. The van der Waals surface area contributed by atoms with Gasteiger partial charge in [0.05, 0.1) is 13.1 Å². The number of carbonyl (C=O) groups is 1. The van der Waals surface area contributed by atoms with Crippen molar-refractivity contribution in [2.75, 3.05) is 26.2 Å². The van der Waals surface area contributed by atoms with Crippen molar-refractivity contribution in [2.24, 2.45) is 4.99 Å². The Hall–Kier alpha value is -0.540. The first kappa shape index (κ1) is 21.5. The normalized spacial score (nSPS) is 14.3. The molecule has 0 aliphatic carbocycles. The number of hydrogen-bond acceptors (Lipinski definition) is 2. The summed E-state index contributed by atoms with van der Waals surface area (Å²) < 4.78 is 0.941. The summed E-state index contributed by atoms with van der Waals surface area (Å²) in [6.07, 6.45) is 2.20. The quantitative estimate of drug-likeness (QED) is 0.349. The lowest BCUT2D eigenvalue weighted by molar-refractivity contribution is -0.128. The van der Waals surface area contributed by atoms with Gasteiger partial charge in [0.25, 0.3) is 0 Å². The van der Waals surface area contributed by atoms with E-state index >= 15 is 0 Å². The molecule has 0 atom stereocenters. The maximum absolute atomic E-state index is 12.1. The predicted molar refractivity (Wildman–Crippen MR) is 113 cm³/mol. The molecule has 2 N–H and O–H groups in total. The van der Waals surface area contributed by atoms with Crippen molar-refractivity contribution in [3.05, 3.63) is 33.3 Å². The standard InChI is InChI=1S/C16H22BrClN4O.HI/c1-2-19-16(21-11-15(23)22-7-3-4-8-22)20-10-12-5-6-13(17)9-14(12)18;/h5-6,9H,2-4,7-8,10-11H2,1H3,(H2,19,20,21);1H. The van der Waals surface area contributed by atoms with Gasteiger partial charge >= 0.3 is 0 Å². The monoisotopic (exact) mass is 528 g/mol. The first-order chi connectivity index (χ1) is 11.1. The van der Waals surface area contributed by atoms with Gasteiger partial charge < -0.3 is 15.5 Å². The van der Waals surface area contributed by atoms with Crippen LogP contribution >= 0.6 is 51.5 Å². The minimum Gasteiger partial charge on any atom is -0.357 e. The molecule has 134 valence electrons. The molecule has 1 aliphatic rings. The largest absolute Gasteiger partial charge is 0.357 e. The van der Waals surface area contributed by atoms with Crippen molar-refractivity contribution >= 4 is 63.4 Å². The van der Waals surface area contributed by atoms with Crippen LogP contribution in [0.3, 0.4) is 0 Å². The Labute approximate surface area is 173 Å². The number of likely N-dealkylation sites (tertiary alicyclic amines) is 1. The topological polar surface area (TPSA) is 56.7 Å². The zero-order valence-electron chi connectivity index (χ0n) is 13.6. The Morgan fingerprint density at radius 1 is 1.33 bits per heavy atom. The Balaban J connectivity index is 0.00000288. The van der Waals surface area contributed by atoms with Crippen LogP contribution < -0.4 is 10.6 Å². The zero-order valence-corrected chi connectivity index (χ0v) is 18.3. The van der Waals surface area contributed by atoms with Gasteiger partial charge in [0.1, 0.15) is 0 Å². The lowest BCUT2D eigenvalue weighted by Crippen LogP contribution is -2.44. The average Bonchev–Trinajstić information content (AvgIpc) is 3.05. The van der Waals surface area contributed by atoms with E-state index in [1.165, 1.54) is 0 Å². The van der Waals surface area contributed by atoms with E-state index in [0.29, 0.717) is 17.5 Å². The van der Waals surface area contributed by atoms with Gasteiger partial charge in [-0.15, -0.1) is 24.0 Å². The minimum absolute atomic E-state index is 0. The van der Waals surface area contributed by atoms with Crippen molar-refractivity contribution in [3.8, 4) is 0 Å². The fraction of sp³-hybridized carbons (Fsp3) is 0.500. The molecule has 0 aromatic heterocycles. The maximum Gasteiger partial charge on any atom is 0.241 e. The van der Waals surface area contributed by atoms with E-state index in [1.807, 2.05) is 30.0 Å². The molecule has 1 heterocycles. The van der Waals surface area contributed by atoms with Gasteiger partial charge in [-0.3, -0.25) is 4.79 Å². The Morgan fingerprint density at radius 3 is 2.67 bits per heavy atom. The second-order valence-corrected chi connectivity index (χ2v) is 6.70. The number of rotatable bonds is 5. The molecule has 2 rings (SSSR count). The number of hydrogen-bond donors (Lipinski definition) is 2. The van der Waals surface area contributed by atoms with Gasteiger partial charge in [-0.25, -0.2) is 4.99 Å². The summed E-state index contributed by atoms with van der Waals surface area (Å²) in [4.78, 5) is 18.5. The first-order valence-electron chi connectivity index (χ1n) is 7.84. The second kappa shape index (κ2) is 11.1. The highest BCUT2D eigenvalue weighted by molar-refractivity contribution is 14.0. The highest BCUT2D eigenvalue weighted by atomic mass is 127. The summed E-state index contributed by atoms with van der Waals surface area (Å²) in [6.45, 7) is 5.18. The lowest BCUT2D eigenvalue weighted by atomic mass is 10.2. The Bertz CT molecular complexity index is 579. The van der Waals surface area contributed by atoms with E-state index < -0.39 is 0 Å². The van der Waals surface area contributed by atoms with Crippen molar-refractivity contribution in [1.29, 1.82) is 0 Å². The smallest absolute Gasteiger partial charge is 0.241 e. The van der Waals surface area contributed by atoms with Crippen molar-refractivity contribution in [2.45, 2.75) is 26.3 Å². The van der Waals surface area contributed by atoms with Crippen LogP contribution in [-0.4, -0.2) is 42.9 Å². The van der Waals surface area contributed by atoms with Crippen LogP contribution in [0.4, 0.5) is 0 Å². The van der Waals surface area contributed by atoms with E-state index in [4.69, 9.17) is 11.6 Å². The first-order valence-corrected chi connectivity index (χ1v) is 9.01. The van der Waals surface area contributed by atoms with Crippen molar-refractivity contribution in [1.82, 2.24) is 15.5 Å². The number of guanidine groups is 1. The summed E-state index contributed by atoms with van der Waals surface area (Å²) in [5.41, 5.74) is 0.943. The zero-order chi connectivity index (χ0) is 16.7. The summed E-state index contributed by atoms with van der Waals surface area (Å²) in [6, 6.07) is 5.73. The number of carbonyl (C=O) groups excluding carboxylic acids is 1. The molecule has 0 unspecified atom stereocenters. The third kappa shape index (κ3) is 6.76. The minimum atomic E-state index is 0. The molecule has 24 heavy (non-hydrogen) atoms. The highest BCUT2D eigenvalue weighted by Gasteiger charge is 2.17. The molecular weight excluding hydrogens is 506 g/mol. The van der Waals surface area contributed by atoms with E-state index in [2.05, 4.69) is 31.6 Å². The third-order valence-electron chi connectivity index (χ3n) is 3.63. The van der Waals surface area contributed by atoms with Crippen LogP contribution in [0.1, 0.15) is 25.3 Å². The Morgan fingerprint density at radius 2 is 2.04 bits per heavy atom. The summed E-state index contributed by atoms with van der Waals surface area (Å²) in [5, 5.41) is 6.91. The number of halogens is 3. The molecule has 0 saturated carbocycles. The van der Waals surface area contributed by atoms with Crippen LogP contribution in [0.25, 0.3) is 0 Å². The van der Waals surface area contributed by atoms with Crippen LogP contribution in [-0.2, 0) is 11.3 Å². The number of aliphatic imine (C=N–C) groups is 1. The molecule has 5 nitrogen and oxygen atoms in total. The van der Waals surface area contributed by atoms with Gasteiger partial charge in [-0.2, -0.15) is 0 Å². The van der Waals surface area contributed by atoms with E-state index in [9.17, 15) is 4.79 Å². The Kier molecular flexibility index (Phi) is 9.99. The van der Waals surface area contributed by atoms with Gasteiger partial charge in [0.2, 0.25) is 5.91 Å². The summed E-state index contributed by atoms with van der Waals surface area (Å²) in [5.74, 6) is 0.744. The fourth-order valence-electron chi connectivity index (χ4n) is 2.39. The SMILES string of the molecule is CCNC(=NCc1ccc(Br)cc1Cl)NCC(=O)N1CCCC1.I. The van der Waals surface area contributed by atoms with Gasteiger partial charge in [0, 0.05) is 29.1 Å². The summed E-state index contributed by atoms with van der Waals surface area (Å²) >= 11 is 9.59. The molecule has 0 radical (unpaired) electrons. The van der Waals surface area contributed by atoms with E-state index in [-0.39, 0.29) is 36.4 Å². The molecule has 0 bridgehead atoms. The molecular formula is C16H23BrClIN4O.